The van der Waals surface area contributed by atoms with E-state index in [4.69, 9.17) is 9.47 Å². The van der Waals surface area contributed by atoms with E-state index in [-0.39, 0.29) is 11.8 Å². The van der Waals surface area contributed by atoms with E-state index in [2.05, 4.69) is 0 Å². The van der Waals surface area contributed by atoms with Gasteiger partial charge in [0.05, 0.1) is 11.6 Å². The number of para-hydroxylation sites is 1. The first-order valence-electron chi connectivity index (χ1n) is 6.57. The molecule has 0 saturated carbocycles. The summed E-state index contributed by atoms with van der Waals surface area (Å²) in [7, 11) is 3.54. The maximum absolute atomic E-state index is 11.9. The normalized spacial score (nSPS) is 19.2. The van der Waals surface area contributed by atoms with Gasteiger partial charge in [-0.15, -0.1) is 0 Å². The Morgan fingerprint density at radius 2 is 2.21 bits per heavy atom. The van der Waals surface area contributed by atoms with Crippen LogP contribution in [0.1, 0.15) is 12.8 Å². The molecule has 0 radical (unpaired) electrons. The van der Waals surface area contributed by atoms with E-state index >= 15 is 0 Å². The zero-order valence-electron chi connectivity index (χ0n) is 11.3. The summed E-state index contributed by atoms with van der Waals surface area (Å²) in [4.78, 5) is 11.9. The van der Waals surface area contributed by atoms with Crippen LogP contribution in [0.15, 0.2) is 23.0 Å². The van der Waals surface area contributed by atoms with Crippen LogP contribution in [0.3, 0.4) is 0 Å². The number of aromatic nitrogens is 2. The van der Waals surface area contributed by atoms with Gasteiger partial charge in [0, 0.05) is 20.7 Å². The van der Waals surface area contributed by atoms with Gasteiger partial charge in [-0.2, -0.15) is 0 Å². The van der Waals surface area contributed by atoms with E-state index in [9.17, 15) is 4.79 Å². The molecule has 1 saturated heterocycles. The second-order valence-corrected chi connectivity index (χ2v) is 4.97. The third-order valence-electron chi connectivity index (χ3n) is 3.70. The summed E-state index contributed by atoms with van der Waals surface area (Å²) in [6.45, 7) is 1.37. The van der Waals surface area contributed by atoms with E-state index in [0.29, 0.717) is 6.61 Å². The third-order valence-corrected chi connectivity index (χ3v) is 3.70. The summed E-state index contributed by atoms with van der Waals surface area (Å²) in [5, 5.41) is 0. The van der Waals surface area contributed by atoms with Crippen LogP contribution in [0.2, 0.25) is 0 Å². The van der Waals surface area contributed by atoms with Crippen LogP contribution >= 0.6 is 0 Å². The molecular formula is C14H18N2O3. The standard InChI is InChI=1S/C14H18N2O3/c1-15-11-6-3-7-12(13(11)16(2)14(15)17)19-9-10-5-4-8-18-10/h3,6-7,10H,4-5,8-9H2,1-2H3. The molecule has 0 N–H and O–H groups in total. The molecule has 1 unspecified atom stereocenters. The minimum atomic E-state index is -0.0387. The summed E-state index contributed by atoms with van der Waals surface area (Å²) >= 11 is 0. The van der Waals surface area contributed by atoms with Crippen molar-refractivity contribution in [2.45, 2.75) is 18.9 Å². The number of rotatable bonds is 3. The number of imidazole rings is 1. The number of aryl methyl sites for hydroxylation is 2. The van der Waals surface area contributed by atoms with Crippen LogP contribution in [0.25, 0.3) is 11.0 Å². The predicted molar refractivity (Wildman–Crippen MR) is 72.6 cm³/mol. The predicted octanol–water partition coefficient (Wildman–Crippen LogP) is 1.43. The SMILES string of the molecule is Cn1c(=O)n(C)c2c(OCC3CCCO3)cccc21. The molecule has 1 aromatic heterocycles. The maximum Gasteiger partial charge on any atom is 0.328 e. The minimum Gasteiger partial charge on any atom is -0.489 e. The molecule has 19 heavy (non-hydrogen) atoms. The second kappa shape index (κ2) is 4.74. The van der Waals surface area contributed by atoms with Crippen molar-refractivity contribution in [3.63, 3.8) is 0 Å². The smallest absolute Gasteiger partial charge is 0.328 e. The summed E-state index contributed by atoms with van der Waals surface area (Å²) < 4.78 is 14.7. The second-order valence-electron chi connectivity index (χ2n) is 4.97. The molecule has 2 heterocycles. The number of hydrogen-bond donors (Lipinski definition) is 0. The molecule has 1 atom stereocenters. The number of ether oxygens (including phenoxy) is 2. The molecular weight excluding hydrogens is 244 g/mol. The average Bonchev–Trinajstić information content (AvgIpc) is 3.01. The fourth-order valence-electron chi connectivity index (χ4n) is 2.62. The Morgan fingerprint density at radius 1 is 1.37 bits per heavy atom. The molecule has 1 fully saturated rings. The van der Waals surface area contributed by atoms with Crippen molar-refractivity contribution in [2.24, 2.45) is 14.1 Å². The molecule has 3 rings (SSSR count). The zero-order chi connectivity index (χ0) is 13.4. The van der Waals surface area contributed by atoms with Gasteiger partial charge >= 0.3 is 5.69 Å². The lowest BCUT2D eigenvalue weighted by molar-refractivity contribution is 0.0684. The fraction of sp³-hybridized carbons (Fsp3) is 0.500. The number of benzene rings is 1. The molecule has 0 bridgehead atoms. The van der Waals surface area contributed by atoms with Gasteiger partial charge in [-0.3, -0.25) is 9.13 Å². The highest BCUT2D eigenvalue weighted by molar-refractivity contribution is 5.82. The number of fused-ring (bicyclic) bond motifs is 1. The Labute approximate surface area is 111 Å². The van der Waals surface area contributed by atoms with Gasteiger partial charge < -0.3 is 9.47 Å². The molecule has 5 heteroatoms. The van der Waals surface area contributed by atoms with Crippen molar-refractivity contribution in [3.8, 4) is 5.75 Å². The highest BCUT2D eigenvalue weighted by atomic mass is 16.5. The van der Waals surface area contributed by atoms with Crippen LogP contribution in [0.5, 0.6) is 5.75 Å². The van der Waals surface area contributed by atoms with Crippen molar-refractivity contribution >= 4 is 11.0 Å². The quantitative estimate of drug-likeness (QED) is 0.840. The highest BCUT2D eigenvalue weighted by Crippen LogP contribution is 2.25. The lowest BCUT2D eigenvalue weighted by Crippen LogP contribution is -2.19. The van der Waals surface area contributed by atoms with Gasteiger partial charge in [-0.05, 0) is 25.0 Å². The average molecular weight is 262 g/mol. The molecule has 0 amide bonds. The summed E-state index contributed by atoms with van der Waals surface area (Å²) in [5.74, 6) is 0.744. The van der Waals surface area contributed by atoms with Crippen molar-refractivity contribution in [1.82, 2.24) is 9.13 Å². The van der Waals surface area contributed by atoms with Crippen LogP contribution < -0.4 is 10.4 Å². The molecule has 2 aromatic rings. The highest BCUT2D eigenvalue weighted by Gasteiger charge is 2.18. The first kappa shape index (κ1) is 12.3. The van der Waals surface area contributed by atoms with Gasteiger partial charge in [0.25, 0.3) is 0 Å². The van der Waals surface area contributed by atoms with E-state index in [1.54, 1.807) is 23.2 Å². The third kappa shape index (κ3) is 2.04. The lowest BCUT2D eigenvalue weighted by Gasteiger charge is -2.12. The Balaban J connectivity index is 1.94. The van der Waals surface area contributed by atoms with E-state index in [1.165, 1.54) is 0 Å². The Bertz CT molecular complexity index is 650. The van der Waals surface area contributed by atoms with E-state index in [0.717, 1.165) is 36.2 Å². The van der Waals surface area contributed by atoms with E-state index < -0.39 is 0 Å². The minimum absolute atomic E-state index is 0.0387. The van der Waals surface area contributed by atoms with Crippen molar-refractivity contribution in [2.75, 3.05) is 13.2 Å². The van der Waals surface area contributed by atoms with Gasteiger partial charge in [-0.25, -0.2) is 4.79 Å². The molecule has 0 aliphatic carbocycles. The van der Waals surface area contributed by atoms with E-state index in [1.807, 2.05) is 18.2 Å². The Morgan fingerprint density at radius 3 is 2.95 bits per heavy atom. The fourth-order valence-corrected chi connectivity index (χ4v) is 2.62. The topological polar surface area (TPSA) is 45.4 Å². The monoisotopic (exact) mass is 262 g/mol. The zero-order valence-corrected chi connectivity index (χ0v) is 11.3. The molecule has 0 spiro atoms. The van der Waals surface area contributed by atoms with Crippen LogP contribution in [0.4, 0.5) is 0 Å². The van der Waals surface area contributed by atoms with Gasteiger partial charge in [0.2, 0.25) is 0 Å². The Kier molecular flexibility index (Phi) is 3.06. The van der Waals surface area contributed by atoms with Crippen molar-refractivity contribution < 1.29 is 9.47 Å². The molecule has 1 aromatic carbocycles. The van der Waals surface area contributed by atoms with Gasteiger partial charge in [0.15, 0.2) is 0 Å². The first-order chi connectivity index (χ1) is 9.18. The Hall–Kier alpha value is -1.75. The summed E-state index contributed by atoms with van der Waals surface area (Å²) in [6.07, 6.45) is 2.32. The van der Waals surface area contributed by atoms with Gasteiger partial charge in [-0.1, -0.05) is 6.07 Å². The largest absolute Gasteiger partial charge is 0.489 e. The lowest BCUT2D eigenvalue weighted by atomic mass is 10.2. The molecule has 102 valence electrons. The number of nitrogens with zero attached hydrogens (tertiary/aromatic N) is 2. The van der Waals surface area contributed by atoms with Crippen molar-refractivity contribution in [3.05, 3.63) is 28.7 Å². The van der Waals surface area contributed by atoms with Crippen LogP contribution in [0, 0.1) is 0 Å². The van der Waals surface area contributed by atoms with Crippen LogP contribution in [-0.2, 0) is 18.8 Å². The van der Waals surface area contributed by atoms with Gasteiger partial charge in [0.1, 0.15) is 17.9 Å². The maximum atomic E-state index is 11.9. The van der Waals surface area contributed by atoms with Crippen LogP contribution in [-0.4, -0.2) is 28.5 Å². The first-order valence-corrected chi connectivity index (χ1v) is 6.57. The number of hydrogen-bond acceptors (Lipinski definition) is 3. The molecule has 5 nitrogen and oxygen atoms in total. The van der Waals surface area contributed by atoms with Crippen molar-refractivity contribution in [1.29, 1.82) is 0 Å². The molecule has 1 aliphatic heterocycles. The summed E-state index contributed by atoms with van der Waals surface area (Å²) in [5.41, 5.74) is 1.69. The summed E-state index contributed by atoms with van der Waals surface area (Å²) in [6, 6.07) is 5.74. The molecule has 1 aliphatic rings.